The van der Waals surface area contributed by atoms with E-state index < -0.39 is 79.1 Å². The average molecular weight is 479 g/mol. The van der Waals surface area contributed by atoms with Gasteiger partial charge in [0, 0.05) is 12.8 Å². The lowest BCUT2D eigenvalue weighted by atomic mass is 10.1. The highest BCUT2D eigenvalue weighted by Gasteiger charge is 2.29. The molecule has 0 heterocycles. The topological polar surface area (TPSA) is 225 Å². The molecule has 0 aliphatic rings. The van der Waals surface area contributed by atoms with Crippen LogP contribution in [0.15, 0.2) is 0 Å². The quantitative estimate of drug-likeness (QED) is 0.133. The number of carbonyl (C=O) groups is 6. The van der Waals surface area contributed by atoms with Gasteiger partial charge in [-0.25, -0.2) is 4.79 Å². The summed E-state index contributed by atoms with van der Waals surface area (Å²) in [5, 5.41) is 33.5. The second-order valence-corrected chi connectivity index (χ2v) is 7.93. The Labute approximate surface area is 188 Å². The number of hydrogen-bond acceptors (Lipinski definition) is 8. The number of amides is 3. The molecule has 32 heavy (non-hydrogen) atoms. The third-order valence-electron chi connectivity index (χ3n) is 4.26. The minimum absolute atomic E-state index is 0.355. The largest absolute Gasteiger partial charge is 0.481 e. The number of hydrogen-bond donors (Lipinski definition) is 7. The fourth-order valence-corrected chi connectivity index (χ4v) is 2.88. The van der Waals surface area contributed by atoms with Gasteiger partial charge in [-0.1, -0.05) is 0 Å². The highest BCUT2D eigenvalue weighted by atomic mass is 32.2. The smallest absolute Gasteiger partial charge is 0.326 e. The summed E-state index contributed by atoms with van der Waals surface area (Å²) >= 11 is 1.50. The van der Waals surface area contributed by atoms with Crippen LogP contribution in [0.3, 0.4) is 0 Å². The third kappa shape index (κ3) is 12.1. The molecule has 0 saturated carbocycles. The van der Waals surface area contributed by atoms with Crippen molar-refractivity contribution in [2.75, 3.05) is 12.0 Å². The number of nitrogens with two attached hydrogens (primary N) is 1. The molecule has 0 radical (unpaired) electrons. The van der Waals surface area contributed by atoms with E-state index >= 15 is 0 Å². The molecule has 0 rings (SSSR count). The van der Waals surface area contributed by atoms with E-state index in [2.05, 4.69) is 16.0 Å². The molecule has 182 valence electrons. The molecule has 4 unspecified atom stereocenters. The van der Waals surface area contributed by atoms with Crippen molar-refractivity contribution in [1.82, 2.24) is 16.0 Å². The molecule has 0 bridgehead atoms. The molecule has 0 aromatic carbocycles. The Morgan fingerprint density at radius 2 is 1.28 bits per heavy atom. The number of carboxylic acid groups (broad SMARTS) is 3. The van der Waals surface area contributed by atoms with Crippen molar-refractivity contribution in [1.29, 1.82) is 0 Å². The summed E-state index contributed by atoms with van der Waals surface area (Å²) in [5.74, 6) is -5.74. The SMILES string of the molecule is CSCCC(N)C(=O)NC(C)C(=O)NC(CCC(=O)O)C(=O)NC(CCC(=O)O)C(=O)O. The Kier molecular flexibility index (Phi) is 13.7. The van der Waals surface area contributed by atoms with Gasteiger partial charge in [0.05, 0.1) is 6.04 Å². The molecule has 0 aliphatic heterocycles. The van der Waals surface area contributed by atoms with Crippen LogP contribution in [-0.2, 0) is 28.8 Å². The van der Waals surface area contributed by atoms with Crippen LogP contribution in [0.1, 0.15) is 39.0 Å². The second-order valence-electron chi connectivity index (χ2n) is 6.94. The zero-order chi connectivity index (χ0) is 24.8. The molecule has 4 atom stereocenters. The number of aliphatic carboxylic acids is 3. The molecule has 3 amide bonds. The molecule has 0 fully saturated rings. The summed E-state index contributed by atoms with van der Waals surface area (Å²) in [6.45, 7) is 1.34. The number of rotatable bonds is 16. The highest BCUT2D eigenvalue weighted by Crippen LogP contribution is 2.04. The van der Waals surface area contributed by atoms with Gasteiger partial charge >= 0.3 is 17.9 Å². The molecular formula is C18H30N4O9S. The number of nitrogens with one attached hydrogen (secondary N) is 3. The molecule has 0 aromatic rings. The Morgan fingerprint density at radius 1 is 0.781 bits per heavy atom. The molecule has 0 saturated heterocycles. The summed E-state index contributed by atoms with van der Waals surface area (Å²) in [6, 6.07) is -4.91. The molecule has 0 spiro atoms. The lowest BCUT2D eigenvalue weighted by molar-refractivity contribution is -0.144. The van der Waals surface area contributed by atoms with Crippen molar-refractivity contribution in [3.05, 3.63) is 0 Å². The van der Waals surface area contributed by atoms with Gasteiger partial charge in [0.1, 0.15) is 18.1 Å². The predicted molar refractivity (Wildman–Crippen MR) is 114 cm³/mol. The zero-order valence-corrected chi connectivity index (χ0v) is 18.6. The molecule has 13 nitrogen and oxygen atoms in total. The van der Waals surface area contributed by atoms with E-state index in [-0.39, 0.29) is 6.42 Å². The first-order valence-electron chi connectivity index (χ1n) is 9.71. The maximum Gasteiger partial charge on any atom is 0.326 e. The van der Waals surface area contributed by atoms with Gasteiger partial charge in [-0.2, -0.15) is 11.8 Å². The van der Waals surface area contributed by atoms with Crippen LogP contribution in [0.25, 0.3) is 0 Å². The number of carbonyl (C=O) groups excluding carboxylic acids is 3. The van der Waals surface area contributed by atoms with E-state index in [0.717, 1.165) is 0 Å². The molecule has 0 aliphatic carbocycles. The summed E-state index contributed by atoms with van der Waals surface area (Å²) in [7, 11) is 0. The Morgan fingerprint density at radius 3 is 1.75 bits per heavy atom. The van der Waals surface area contributed by atoms with E-state index in [1.54, 1.807) is 0 Å². The summed E-state index contributed by atoms with van der Waals surface area (Å²) < 4.78 is 0. The predicted octanol–water partition coefficient (Wildman–Crippen LogP) is -1.64. The van der Waals surface area contributed by atoms with Gasteiger partial charge < -0.3 is 37.0 Å². The van der Waals surface area contributed by atoms with E-state index in [1.807, 2.05) is 6.26 Å². The van der Waals surface area contributed by atoms with Gasteiger partial charge in [0.25, 0.3) is 0 Å². The summed E-state index contributed by atoms with van der Waals surface area (Å²) in [4.78, 5) is 69.8. The molecule has 14 heteroatoms. The second kappa shape index (κ2) is 15.0. The van der Waals surface area contributed by atoms with Gasteiger partial charge in [0.15, 0.2) is 0 Å². The van der Waals surface area contributed by atoms with Crippen molar-refractivity contribution < 1.29 is 44.1 Å². The summed E-state index contributed by atoms with van der Waals surface area (Å²) in [5.41, 5.74) is 5.73. The molecular weight excluding hydrogens is 448 g/mol. The van der Waals surface area contributed by atoms with E-state index in [9.17, 15) is 28.8 Å². The Bertz CT molecular complexity index is 704. The van der Waals surface area contributed by atoms with Crippen molar-refractivity contribution in [2.24, 2.45) is 5.73 Å². The first-order valence-corrected chi connectivity index (χ1v) is 11.1. The average Bonchev–Trinajstić information content (AvgIpc) is 2.70. The van der Waals surface area contributed by atoms with Crippen LogP contribution in [0, 0.1) is 0 Å². The third-order valence-corrected chi connectivity index (χ3v) is 4.91. The maximum atomic E-state index is 12.5. The van der Waals surface area contributed by atoms with Gasteiger partial charge in [-0.3, -0.25) is 24.0 Å². The standard InChI is InChI=1S/C18H30N4O9S/c1-9(20-16(28)10(19)7-8-32-2)15(27)21-11(3-5-13(23)24)17(29)22-12(18(30)31)4-6-14(25)26/h9-12H,3-8,19H2,1-2H3,(H,20,28)(H,21,27)(H,22,29)(H,23,24)(H,25,26)(H,30,31). The van der Waals surface area contributed by atoms with Crippen molar-refractivity contribution >= 4 is 47.4 Å². The van der Waals surface area contributed by atoms with Crippen LogP contribution in [-0.4, -0.2) is 87.1 Å². The maximum absolute atomic E-state index is 12.5. The van der Waals surface area contributed by atoms with Gasteiger partial charge in [0.2, 0.25) is 17.7 Å². The lowest BCUT2D eigenvalue weighted by Crippen LogP contribution is -2.56. The van der Waals surface area contributed by atoms with E-state index in [1.165, 1.54) is 18.7 Å². The van der Waals surface area contributed by atoms with Crippen LogP contribution >= 0.6 is 11.8 Å². The molecule has 0 aromatic heterocycles. The van der Waals surface area contributed by atoms with Crippen molar-refractivity contribution in [2.45, 2.75) is 63.2 Å². The van der Waals surface area contributed by atoms with Gasteiger partial charge in [-0.05, 0) is 38.2 Å². The Hall–Kier alpha value is -2.87. The normalized spacial score (nSPS) is 14.3. The minimum Gasteiger partial charge on any atom is -0.481 e. The molecule has 8 N–H and O–H groups in total. The van der Waals surface area contributed by atoms with Crippen LogP contribution < -0.4 is 21.7 Å². The van der Waals surface area contributed by atoms with E-state index in [4.69, 9.17) is 21.1 Å². The minimum atomic E-state index is -1.55. The number of thioether (sulfide) groups is 1. The van der Waals surface area contributed by atoms with Crippen LogP contribution in [0.5, 0.6) is 0 Å². The summed E-state index contributed by atoms with van der Waals surface area (Å²) in [6.07, 6.45) is 0.439. The zero-order valence-electron chi connectivity index (χ0n) is 17.8. The van der Waals surface area contributed by atoms with Gasteiger partial charge in [-0.15, -0.1) is 0 Å². The van der Waals surface area contributed by atoms with Crippen molar-refractivity contribution in [3.63, 3.8) is 0 Å². The first kappa shape index (κ1) is 29.1. The van der Waals surface area contributed by atoms with Crippen molar-refractivity contribution in [3.8, 4) is 0 Å². The highest BCUT2D eigenvalue weighted by molar-refractivity contribution is 7.98. The van der Waals surface area contributed by atoms with Crippen LogP contribution in [0.4, 0.5) is 0 Å². The first-order chi connectivity index (χ1) is 14.9. The van der Waals surface area contributed by atoms with E-state index in [0.29, 0.717) is 12.2 Å². The number of carboxylic acids is 3. The fourth-order valence-electron chi connectivity index (χ4n) is 2.39. The monoisotopic (exact) mass is 478 g/mol. The van der Waals surface area contributed by atoms with Crippen LogP contribution in [0.2, 0.25) is 0 Å². The fraction of sp³-hybridized carbons (Fsp3) is 0.667. The Balaban J connectivity index is 5.15. The lowest BCUT2D eigenvalue weighted by Gasteiger charge is -2.23.